The molecule has 0 spiro atoms. The molecule has 6 nitrogen and oxygen atoms in total. The molecular weight excluding hydrogens is 349 g/mol. The smallest absolute Gasteiger partial charge is 0.276 e. The van der Waals surface area contributed by atoms with E-state index in [0.29, 0.717) is 17.9 Å². The highest BCUT2D eigenvalue weighted by molar-refractivity contribution is 5.93. The maximum atomic E-state index is 13.1. The van der Waals surface area contributed by atoms with Crippen molar-refractivity contribution < 1.29 is 18.2 Å². The van der Waals surface area contributed by atoms with E-state index in [2.05, 4.69) is 10.3 Å². The molecule has 0 unspecified atom stereocenters. The zero-order chi connectivity index (χ0) is 19.0. The van der Waals surface area contributed by atoms with Gasteiger partial charge < -0.3 is 13.9 Å². The molecule has 4 rings (SSSR count). The Bertz CT molecular complexity index is 961. The molecule has 1 saturated heterocycles. The first-order valence-corrected chi connectivity index (χ1v) is 9.07. The van der Waals surface area contributed by atoms with Crippen LogP contribution in [-0.2, 0) is 6.42 Å². The van der Waals surface area contributed by atoms with Crippen molar-refractivity contribution in [3.63, 3.8) is 0 Å². The second kappa shape index (κ2) is 6.98. The number of aromatic nitrogens is 2. The van der Waals surface area contributed by atoms with Gasteiger partial charge in [-0.3, -0.25) is 4.79 Å². The summed E-state index contributed by atoms with van der Waals surface area (Å²) in [6, 6.07) is 7.41. The molecule has 1 aliphatic rings. The lowest BCUT2D eigenvalue weighted by Crippen LogP contribution is -2.31. The van der Waals surface area contributed by atoms with Gasteiger partial charge in [-0.15, -0.1) is 0 Å². The van der Waals surface area contributed by atoms with Crippen LogP contribution in [0.5, 0.6) is 0 Å². The monoisotopic (exact) mass is 369 g/mol. The Labute approximate surface area is 155 Å². The number of hydrogen-bond donors (Lipinski definition) is 0. The highest BCUT2D eigenvalue weighted by atomic mass is 19.1. The minimum absolute atomic E-state index is 0.0651. The summed E-state index contributed by atoms with van der Waals surface area (Å²) in [7, 11) is 0. The van der Waals surface area contributed by atoms with Gasteiger partial charge in [-0.1, -0.05) is 17.2 Å². The van der Waals surface area contributed by atoms with E-state index in [4.69, 9.17) is 9.05 Å². The SMILES string of the molecule is CCc1onc(C)c1[C@@H]1CCCN1C(=O)c1cc(-c2ccc(F)cc2)on1. The fourth-order valence-corrected chi connectivity index (χ4v) is 3.69. The number of hydrogen-bond acceptors (Lipinski definition) is 5. The van der Waals surface area contributed by atoms with Crippen molar-refractivity contribution in [2.75, 3.05) is 6.54 Å². The van der Waals surface area contributed by atoms with E-state index in [0.717, 1.165) is 36.3 Å². The summed E-state index contributed by atoms with van der Waals surface area (Å²) < 4.78 is 23.8. The van der Waals surface area contributed by atoms with Crippen LogP contribution in [0.3, 0.4) is 0 Å². The van der Waals surface area contributed by atoms with Gasteiger partial charge in [-0.25, -0.2) is 4.39 Å². The Kier molecular flexibility index (Phi) is 4.51. The molecule has 1 aliphatic heterocycles. The summed E-state index contributed by atoms with van der Waals surface area (Å²) in [5.41, 5.74) is 2.74. The number of likely N-dealkylation sites (tertiary alicyclic amines) is 1. The van der Waals surface area contributed by atoms with Crippen LogP contribution >= 0.6 is 0 Å². The van der Waals surface area contributed by atoms with E-state index in [1.54, 1.807) is 18.2 Å². The van der Waals surface area contributed by atoms with Crippen molar-refractivity contribution in [2.45, 2.75) is 39.2 Å². The van der Waals surface area contributed by atoms with Gasteiger partial charge in [0.1, 0.15) is 11.6 Å². The molecule has 0 aliphatic carbocycles. The highest BCUT2D eigenvalue weighted by Crippen LogP contribution is 2.37. The minimum atomic E-state index is -0.328. The van der Waals surface area contributed by atoms with Crippen molar-refractivity contribution in [2.24, 2.45) is 0 Å². The largest absolute Gasteiger partial charge is 0.361 e. The average Bonchev–Trinajstić information content (AvgIpc) is 3.40. The van der Waals surface area contributed by atoms with Crippen LogP contribution in [0.1, 0.15) is 53.3 Å². The van der Waals surface area contributed by atoms with Gasteiger partial charge in [0.15, 0.2) is 11.5 Å². The Morgan fingerprint density at radius 2 is 2.04 bits per heavy atom. The van der Waals surface area contributed by atoms with Gasteiger partial charge in [0.2, 0.25) is 0 Å². The summed E-state index contributed by atoms with van der Waals surface area (Å²) in [5, 5.41) is 8.01. The molecule has 0 radical (unpaired) electrons. The van der Waals surface area contributed by atoms with Crippen molar-refractivity contribution in [1.29, 1.82) is 0 Å². The Morgan fingerprint density at radius 1 is 1.26 bits per heavy atom. The average molecular weight is 369 g/mol. The molecule has 1 amide bonds. The molecule has 2 aromatic heterocycles. The second-order valence-corrected chi connectivity index (χ2v) is 6.70. The second-order valence-electron chi connectivity index (χ2n) is 6.70. The Morgan fingerprint density at radius 3 is 2.78 bits per heavy atom. The molecule has 0 bridgehead atoms. The zero-order valence-corrected chi connectivity index (χ0v) is 15.2. The molecule has 1 aromatic carbocycles. The van der Waals surface area contributed by atoms with Crippen molar-refractivity contribution >= 4 is 5.91 Å². The highest BCUT2D eigenvalue weighted by Gasteiger charge is 2.35. The third-order valence-corrected chi connectivity index (χ3v) is 5.01. The molecule has 0 saturated carbocycles. The van der Waals surface area contributed by atoms with Crippen LogP contribution in [-0.4, -0.2) is 27.7 Å². The zero-order valence-electron chi connectivity index (χ0n) is 15.2. The number of amides is 1. The van der Waals surface area contributed by atoms with Crippen LogP contribution in [0.2, 0.25) is 0 Å². The van der Waals surface area contributed by atoms with Crippen molar-refractivity contribution in [3.8, 4) is 11.3 Å². The first-order chi connectivity index (χ1) is 13.1. The van der Waals surface area contributed by atoms with E-state index in [-0.39, 0.29) is 23.5 Å². The molecule has 1 atom stereocenters. The van der Waals surface area contributed by atoms with Crippen LogP contribution in [0.4, 0.5) is 4.39 Å². The molecule has 1 fully saturated rings. The lowest BCUT2D eigenvalue weighted by molar-refractivity contribution is 0.0724. The Balaban J connectivity index is 1.60. The molecule has 3 aromatic rings. The standard InChI is InChI=1S/C20H20FN3O3/c1-3-17-19(12(2)22-26-17)16-5-4-10-24(16)20(25)15-11-18(27-23-15)13-6-8-14(21)9-7-13/h6-9,11,16H,3-5,10H2,1-2H3/t16-/m0/s1. The van der Waals surface area contributed by atoms with Gasteiger partial charge in [-0.2, -0.15) is 0 Å². The minimum Gasteiger partial charge on any atom is -0.361 e. The maximum Gasteiger partial charge on any atom is 0.276 e. The van der Waals surface area contributed by atoms with E-state index in [1.807, 2.05) is 18.7 Å². The number of rotatable bonds is 4. The van der Waals surface area contributed by atoms with Gasteiger partial charge in [0.05, 0.1) is 11.7 Å². The molecule has 27 heavy (non-hydrogen) atoms. The van der Waals surface area contributed by atoms with E-state index in [9.17, 15) is 9.18 Å². The maximum absolute atomic E-state index is 13.1. The van der Waals surface area contributed by atoms with Crippen LogP contribution in [0.25, 0.3) is 11.3 Å². The fourth-order valence-electron chi connectivity index (χ4n) is 3.69. The summed E-state index contributed by atoms with van der Waals surface area (Å²) in [4.78, 5) is 14.9. The van der Waals surface area contributed by atoms with E-state index in [1.165, 1.54) is 12.1 Å². The number of carbonyl (C=O) groups excluding carboxylic acids is 1. The first-order valence-electron chi connectivity index (χ1n) is 9.07. The molecule has 7 heteroatoms. The normalized spacial score (nSPS) is 16.9. The number of aryl methyl sites for hydroxylation is 2. The molecular formula is C20H20FN3O3. The third kappa shape index (κ3) is 3.13. The fraction of sp³-hybridized carbons (Fsp3) is 0.350. The predicted molar refractivity (Wildman–Crippen MR) is 95.5 cm³/mol. The summed E-state index contributed by atoms with van der Waals surface area (Å²) in [6.07, 6.45) is 2.50. The predicted octanol–water partition coefficient (Wildman–Crippen LogP) is 4.32. The first kappa shape index (κ1) is 17.5. The summed E-state index contributed by atoms with van der Waals surface area (Å²) >= 11 is 0. The third-order valence-electron chi connectivity index (χ3n) is 5.01. The number of benzene rings is 1. The van der Waals surface area contributed by atoms with Crippen molar-refractivity contribution in [3.05, 3.63) is 58.9 Å². The van der Waals surface area contributed by atoms with Crippen LogP contribution in [0.15, 0.2) is 39.4 Å². The molecule has 0 N–H and O–H groups in total. The number of carbonyl (C=O) groups is 1. The van der Waals surface area contributed by atoms with E-state index >= 15 is 0 Å². The number of halogens is 1. The van der Waals surface area contributed by atoms with Crippen LogP contribution in [0, 0.1) is 12.7 Å². The quantitative estimate of drug-likeness (QED) is 0.685. The van der Waals surface area contributed by atoms with E-state index < -0.39 is 0 Å². The van der Waals surface area contributed by atoms with Gasteiger partial charge in [0, 0.05) is 30.2 Å². The van der Waals surface area contributed by atoms with Gasteiger partial charge in [-0.05, 0) is 44.0 Å². The lowest BCUT2D eigenvalue weighted by atomic mass is 10.0. The lowest BCUT2D eigenvalue weighted by Gasteiger charge is -2.24. The summed E-state index contributed by atoms with van der Waals surface area (Å²) in [6.45, 7) is 4.56. The van der Waals surface area contributed by atoms with Crippen LogP contribution < -0.4 is 0 Å². The number of nitrogens with zero attached hydrogens (tertiary/aromatic N) is 3. The summed E-state index contributed by atoms with van der Waals surface area (Å²) in [5.74, 6) is 0.747. The molecule has 140 valence electrons. The Hall–Kier alpha value is -2.96. The topological polar surface area (TPSA) is 72.4 Å². The van der Waals surface area contributed by atoms with Gasteiger partial charge >= 0.3 is 0 Å². The van der Waals surface area contributed by atoms with Gasteiger partial charge in [0.25, 0.3) is 5.91 Å². The van der Waals surface area contributed by atoms with Crippen molar-refractivity contribution in [1.82, 2.24) is 15.2 Å². The molecule has 3 heterocycles.